The molecule has 0 unspecified atom stereocenters. The lowest BCUT2D eigenvalue weighted by Crippen LogP contribution is -2.32. The SMILES string of the molecule is CCN(C(=O)CSCCN)C1=CCCCC1. The minimum Gasteiger partial charge on any atom is -0.330 e. The summed E-state index contributed by atoms with van der Waals surface area (Å²) < 4.78 is 0. The molecule has 0 spiro atoms. The number of rotatable bonds is 6. The smallest absolute Gasteiger partial charge is 0.236 e. The quantitative estimate of drug-likeness (QED) is 0.725. The summed E-state index contributed by atoms with van der Waals surface area (Å²) in [6, 6.07) is 0. The average molecular weight is 242 g/mol. The van der Waals surface area contributed by atoms with Crippen molar-refractivity contribution in [1.82, 2.24) is 4.90 Å². The molecule has 3 nitrogen and oxygen atoms in total. The molecule has 0 fully saturated rings. The molecule has 0 radical (unpaired) electrons. The Labute approximate surface area is 102 Å². The Morgan fingerprint density at radius 2 is 2.38 bits per heavy atom. The summed E-state index contributed by atoms with van der Waals surface area (Å²) in [6.07, 6.45) is 6.87. The number of nitrogens with two attached hydrogens (primary N) is 1. The fourth-order valence-corrected chi connectivity index (χ4v) is 2.57. The highest BCUT2D eigenvalue weighted by Crippen LogP contribution is 2.21. The van der Waals surface area contributed by atoms with Crippen molar-refractivity contribution in [2.24, 2.45) is 5.73 Å². The molecule has 0 saturated heterocycles. The van der Waals surface area contributed by atoms with Gasteiger partial charge in [-0.3, -0.25) is 4.79 Å². The normalized spacial score (nSPS) is 15.8. The van der Waals surface area contributed by atoms with Gasteiger partial charge < -0.3 is 10.6 Å². The Morgan fingerprint density at radius 1 is 1.56 bits per heavy atom. The maximum Gasteiger partial charge on any atom is 0.236 e. The van der Waals surface area contributed by atoms with Crippen LogP contribution in [0.1, 0.15) is 32.6 Å². The highest BCUT2D eigenvalue weighted by atomic mass is 32.2. The summed E-state index contributed by atoms with van der Waals surface area (Å²) in [4.78, 5) is 13.9. The molecule has 1 aliphatic rings. The lowest BCUT2D eigenvalue weighted by atomic mass is 10.0. The van der Waals surface area contributed by atoms with Gasteiger partial charge in [0.25, 0.3) is 0 Å². The van der Waals surface area contributed by atoms with E-state index >= 15 is 0 Å². The highest BCUT2D eigenvalue weighted by molar-refractivity contribution is 7.99. The number of carbonyl (C=O) groups is 1. The second kappa shape index (κ2) is 7.74. The van der Waals surface area contributed by atoms with Crippen LogP contribution < -0.4 is 5.73 Å². The molecule has 16 heavy (non-hydrogen) atoms. The van der Waals surface area contributed by atoms with Gasteiger partial charge in [0.1, 0.15) is 0 Å². The predicted octanol–water partition coefficient (Wildman–Crippen LogP) is 1.98. The van der Waals surface area contributed by atoms with Gasteiger partial charge >= 0.3 is 0 Å². The average Bonchev–Trinajstić information content (AvgIpc) is 2.32. The number of thioether (sulfide) groups is 1. The van der Waals surface area contributed by atoms with Crippen LogP contribution in [0.2, 0.25) is 0 Å². The van der Waals surface area contributed by atoms with Crippen LogP contribution in [0, 0.1) is 0 Å². The molecule has 0 atom stereocenters. The molecular formula is C12H22N2OS. The van der Waals surface area contributed by atoms with E-state index in [0.29, 0.717) is 12.3 Å². The molecule has 0 aliphatic heterocycles. The molecule has 1 amide bonds. The van der Waals surface area contributed by atoms with E-state index in [1.165, 1.54) is 18.5 Å². The number of carbonyl (C=O) groups excluding carboxylic acids is 1. The first-order chi connectivity index (χ1) is 7.79. The van der Waals surface area contributed by atoms with E-state index in [2.05, 4.69) is 6.08 Å². The molecule has 92 valence electrons. The van der Waals surface area contributed by atoms with Gasteiger partial charge in [0.15, 0.2) is 0 Å². The molecular weight excluding hydrogens is 220 g/mol. The van der Waals surface area contributed by atoms with Crippen LogP contribution in [0.5, 0.6) is 0 Å². The third kappa shape index (κ3) is 4.18. The summed E-state index contributed by atoms with van der Waals surface area (Å²) in [5, 5.41) is 0. The van der Waals surface area contributed by atoms with Crippen LogP contribution >= 0.6 is 11.8 Å². The Hall–Kier alpha value is -0.480. The van der Waals surface area contributed by atoms with Crippen molar-refractivity contribution < 1.29 is 4.79 Å². The van der Waals surface area contributed by atoms with Crippen molar-refractivity contribution in [3.63, 3.8) is 0 Å². The summed E-state index contributed by atoms with van der Waals surface area (Å²) in [5.41, 5.74) is 6.64. The van der Waals surface area contributed by atoms with Gasteiger partial charge in [-0.15, -0.1) is 0 Å². The van der Waals surface area contributed by atoms with Gasteiger partial charge in [-0.05, 0) is 32.6 Å². The Morgan fingerprint density at radius 3 is 2.94 bits per heavy atom. The summed E-state index contributed by atoms with van der Waals surface area (Å²) in [5.74, 6) is 1.65. The second-order valence-electron chi connectivity index (χ2n) is 3.92. The molecule has 0 aromatic heterocycles. The summed E-state index contributed by atoms with van der Waals surface area (Å²) >= 11 is 1.63. The summed E-state index contributed by atoms with van der Waals surface area (Å²) in [7, 11) is 0. The molecule has 0 aromatic rings. The summed E-state index contributed by atoms with van der Waals surface area (Å²) in [6.45, 7) is 3.47. The molecule has 0 aromatic carbocycles. The van der Waals surface area contributed by atoms with Crippen LogP contribution in [-0.2, 0) is 4.79 Å². The minimum absolute atomic E-state index is 0.231. The highest BCUT2D eigenvalue weighted by Gasteiger charge is 2.17. The van der Waals surface area contributed by atoms with E-state index in [0.717, 1.165) is 25.1 Å². The maximum absolute atomic E-state index is 12.0. The van der Waals surface area contributed by atoms with Crippen molar-refractivity contribution >= 4 is 17.7 Å². The molecule has 1 rings (SSSR count). The Bertz CT molecular complexity index is 253. The first-order valence-electron chi connectivity index (χ1n) is 6.06. The standard InChI is InChI=1S/C12H22N2OS/c1-2-14(11-6-4-3-5-7-11)12(15)10-16-9-8-13/h6H,2-5,7-10,13H2,1H3. The van der Waals surface area contributed by atoms with Crippen molar-refractivity contribution in [2.75, 3.05) is 24.6 Å². The minimum atomic E-state index is 0.231. The second-order valence-corrected chi connectivity index (χ2v) is 5.03. The van der Waals surface area contributed by atoms with Crippen molar-refractivity contribution in [3.05, 3.63) is 11.8 Å². The molecule has 4 heteroatoms. The number of nitrogens with zero attached hydrogens (tertiary/aromatic N) is 1. The molecule has 0 bridgehead atoms. The zero-order chi connectivity index (χ0) is 11.8. The Kier molecular flexibility index (Phi) is 6.57. The van der Waals surface area contributed by atoms with Crippen LogP contribution in [0.25, 0.3) is 0 Å². The third-order valence-corrected chi connectivity index (χ3v) is 3.69. The van der Waals surface area contributed by atoms with Crippen molar-refractivity contribution in [2.45, 2.75) is 32.6 Å². The number of allylic oxidation sites excluding steroid dienone is 2. The van der Waals surface area contributed by atoms with E-state index in [1.807, 2.05) is 11.8 Å². The number of amides is 1. The van der Waals surface area contributed by atoms with Crippen LogP contribution in [0.15, 0.2) is 11.8 Å². The first-order valence-corrected chi connectivity index (χ1v) is 7.22. The van der Waals surface area contributed by atoms with Gasteiger partial charge in [0, 0.05) is 24.5 Å². The van der Waals surface area contributed by atoms with Crippen LogP contribution in [0.4, 0.5) is 0 Å². The van der Waals surface area contributed by atoms with E-state index in [4.69, 9.17) is 5.73 Å². The maximum atomic E-state index is 12.0. The van der Waals surface area contributed by atoms with E-state index in [-0.39, 0.29) is 5.91 Å². The zero-order valence-electron chi connectivity index (χ0n) is 10.1. The van der Waals surface area contributed by atoms with Gasteiger partial charge in [-0.25, -0.2) is 0 Å². The largest absolute Gasteiger partial charge is 0.330 e. The third-order valence-electron chi connectivity index (χ3n) is 2.72. The molecule has 1 aliphatic carbocycles. The molecule has 0 heterocycles. The number of hydrogen-bond acceptors (Lipinski definition) is 3. The van der Waals surface area contributed by atoms with Crippen LogP contribution in [-0.4, -0.2) is 35.4 Å². The van der Waals surface area contributed by atoms with Crippen molar-refractivity contribution in [1.29, 1.82) is 0 Å². The molecule has 0 saturated carbocycles. The predicted molar refractivity (Wildman–Crippen MR) is 70.3 cm³/mol. The van der Waals surface area contributed by atoms with Crippen molar-refractivity contribution in [3.8, 4) is 0 Å². The molecule has 2 N–H and O–H groups in total. The fraction of sp³-hybridized carbons (Fsp3) is 0.750. The van der Waals surface area contributed by atoms with E-state index in [9.17, 15) is 4.79 Å². The lowest BCUT2D eigenvalue weighted by molar-refractivity contribution is -0.126. The zero-order valence-corrected chi connectivity index (χ0v) is 10.9. The fourth-order valence-electron chi connectivity index (χ4n) is 1.93. The van der Waals surface area contributed by atoms with Gasteiger partial charge in [-0.2, -0.15) is 11.8 Å². The van der Waals surface area contributed by atoms with Gasteiger partial charge in [0.2, 0.25) is 5.91 Å². The van der Waals surface area contributed by atoms with E-state index in [1.54, 1.807) is 11.8 Å². The van der Waals surface area contributed by atoms with Gasteiger partial charge in [-0.1, -0.05) is 6.08 Å². The monoisotopic (exact) mass is 242 g/mol. The topological polar surface area (TPSA) is 46.3 Å². The lowest BCUT2D eigenvalue weighted by Gasteiger charge is -2.26. The number of hydrogen-bond donors (Lipinski definition) is 1. The van der Waals surface area contributed by atoms with E-state index < -0.39 is 0 Å². The van der Waals surface area contributed by atoms with Gasteiger partial charge in [0.05, 0.1) is 5.75 Å². The Balaban J connectivity index is 2.45. The van der Waals surface area contributed by atoms with Crippen LogP contribution in [0.3, 0.4) is 0 Å². The first kappa shape index (κ1) is 13.6.